The summed E-state index contributed by atoms with van der Waals surface area (Å²) in [6, 6.07) is 16.9. The lowest BCUT2D eigenvalue weighted by atomic mass is 10.0. The van der Waals surface area contributed by atoms with E-state index in [1.54, 1.807) is 0 Å². The van der Waals surface area contributed by atoms with Gasteiger partial charge < -0.3 is 10.0 Å². The summed E-state index contributed by atoms with van der Waals surface area (Å²) in [4.78, 5) is 2.04. The Morgan fingerprint density at radius 2 is 1.30 bits per heavy atom. The quantitative estimate of drug-likeness (QED) is 0.904. The maximum absolute atomic E-state index is 8.91. The molecule has 0 saturated heterocycles. The summed E-state index contributed by atoms with van der Waals surface area (Å²) in [5, 5.41) is 8.91. The zero-order valence-electron chi connectivity index (χ0n) is 12.9. The van der Waals surface area contributed by atoms with Gasteiger partial charge in [-0.15, -0.1) is 0 Å². The molecular formula is C18H25NO. The molecular weight excluding hydrogens is 246 g/mol. The van der Waals surface area contributed by atoms with Gasteiger partial charge in [0.1, 0.15) is 0 Å². The van der Waals surface area contributed by atoms with Gasteiger partial charge in [0.25, 0.3) is 0 Å². The fourth-order valence-corrected chi connectivity index (χ4v) is 1.93. The fraction of sp³-hybridized carbons (Fsp3) is 0.333. The van der Waals surface area contributed by atoms with Gasteiger partial charge in [-0.05, 0) is 30.2 Å². The van der Waals surface area contributed by atoms with Crippen LogP contribution in [-0.2, 0) is 0 Å². The van der Waals surface area contributed by atoms with Crippen molar-refractivity contribution in [3.63, 3.8) is 0 Å². The first-order chi connectivity index (χ1) is 9.70. The van der Waals surface area contributed by atoms with Crippen LogP contribution in [0, 0.1) is 6.92 Å². The molecule has 0 atom stereocenters. The number of aliphatic hydroxyl groups excluding tert-OH is 1. The molecule has 0 heterocycles. The Morgan fingerprint density at radius 3 is 1.75 bits per heavy atom. The minimum Gasteiger partial charge on any atom is -0.395 e. The number of hydrogen-bond donors (Lipinski definition) is 1. The molecule has 2 nitrogen and oxygen atoms in total. The van der Waals surface area contributed by atoms with Crippen molar-refractivity contribution in [3.05, 3.63) is 54.1 Å². The van der Waals surface area contributed by atoms with E-state index in [1.807, 2.05) is 25.8 Å². The molecule has 0 aliphatic rings. The summed E-state index contributed by atoms with van der Waals surface area (Å²) < 4.78 is 0. The van der Waals surface area contributed by atoms with Crippen LogP contribution in [0.15, 0.2) is 48.5 Å². The van der Waals surface area contributed by atoms with Crippen molar-refractivity contribution in [3.8, 4) is 11.1 Å². The molecule has 1 N–H and O–H groups in total. The molecule has 2 heteroatoms. The molecule has 2 aromatic rings. The van der Waals surface area contributed by atoms with E-state index >= 15 is 0 Å². The van der Waals surface area contributed by atoms with Gasteiger partial charge in [0.15, 0.2) is 0 Å². The highest BCUT2D eigenvalue weighted by Gasteiger charge is 2.01. The average Bonchev–Trinajstić information content (AvgIpc) is 2.50. The topological polar surface area (TPSA) is 23.5 Å². The molecule has 0 spiro atoms. The molecule has 0 aliphatic carbocycles. The van der Waals surface area contributed by atoms with Crippen LogP contribution < -0.4 is 4.90 Å². The Hall–Kier alpha value is -1.80. The lowest BCUT2D eigenvalue weighted by Gasteiger charge is -2.18. The molecule has 0 radical (unpaired) electrons. The summed E-state index contributed by atoms with van der Waals surface area (Å²) in [6.07, 6.45) is 0. The van der Waals surface area contributed by atoms with Crippen molar-refractivity contribution in [1.82, 2.24) is 0 Å². The van der Waals surface area contributed by atoms with Gasteiger partial charge in [-0.2, -0.15) is 0 Å². The number of anilines is 1. The minimum absolute atomic E-state index is 0.177. The maximum atomic E-state index is 8.91. The highest BCUT2D eigenvalue weighted by molar-refractivity contribution is 5.66. The second kappa shape index (κ2) is 8.39. The van der Waals surface area contributed by atoms with Crippen molar-refractivity contribution in [2.75, 3.05) is 25.1 Å². The predicted molar refractivity (Wildman–Crippen MR) is 88.3 cm³/mol. The zero-order valence-corrected chi connectivity index (χ0v) is 12.9. The summed E-state index contributed by atoms with van der Waals surface area (Å²) in [7, 11) is 1.98. The van der Waals surface area contributed by atoms with E-state index in [4.69, 9.17) is 5.11 Å². The Bertz CT molecular complexity index is 488. The standard InChI is InChI=1S/C16H19NO.C2H6/c1-13-3-5-14(6-4-13)15-7-9-16(10-8-15)17(2)11-12-18;1-2/h3-10,18H,11-12H2,1-2H3;1-2H3. The third kappa shape index (κ3) is 4.39. The van der Waals surface area contributed by atoms with E-state index in [2.05, 4.69) is 55.5 Å². The lowest BCUT2D eigenvalue weighted by molar-refractivity contribution is 0.304. The van der Waals surface area contributed by atoms with Crippen LogP contribution in [0.25, 0.3) is 11.1 Å². The number of nitrogens with zero attached hydrogens (tertiary/aromatic N) is 1. The second-order valence-corrected chi connectivity index (χ2v) is 4.56. The summed E-state index contributed by atoms with van der Waals surface area (Å²) in [5.74, 6) is 0. The van der Waals surface area contributed by atoms with Gasteiger partial charge in [-0.25, -0.2) is 0 Å². The third-order valence-electron chi connectivity index (χ3n) is 3.13. The Morgan fingerprint density at radius 1 is 0.850 bits per heavy atom. The molecule has 2 aromatic carbocycles. The number of aryl methyl sites for hydroxylation is 1. The summed E-state index contributed by atoms with van der Waals surface area (Å²) >= 11 is 0. The summed E-state index contributed by atoms with van der Waals surface area (Å²) in [5.41, 5.74) is 4.85. The van der Waals surface area contributed by atoms with E-state index in [1.165, 1.54) is 16.7 Å². The predicted octanol–water partition coefficient (Wildman–Crippen LogP) is 4.12. The largest absolute Gasteiger partial charge is 0.395 e. The molecule has 0 aliphatic heterocycles. The smallest absolute Gasteiger partial charge is 0.0606 e. The zero-order chi connectivity index (χ0) is 15.0. The number of rotatable bonds is 4. The molecule has 0 unspecified atom stereocenters. The highest BCUT2D eigenvalue weighted by Crippen LogP contribution is 2.22. The van der Waals surface area contributed by atoms with Gasteiger partial charge in [0, 0.05) is 19.3 Å². The molecule has 0 bridgehead atoms. The minimum atomic E-state index is 0.177. The summed E-state index contributed by atoms with van der Waals surface area (Å²) in [6.45, 7) is 6.93. The van der Waals surface area contributed by atoms with Gasteiger partial charge in [0.05, 0.1) is 6.61 Å². The van der Waals surface area contributed by atoms with Gasteiger partial charge in [0.2, 0.25) is 0 Å². The van der Waals surface area contributed by atoms with Crippen LogP contribution in [0.4, 0.5) is 5.69 Å². The maximum Gasteiger partial charge on any atom is 0.0606 e. The fourth-order valence-electron chi connectivity index (χ4n) is 1.93. The van der Waals surface area contributed by atoms with Crippen LogP contribution in [0.1, 0.15) is 19.4 Å². The van der Waals surface area contributed by atoms with E-state index in [0.29, 0.717) is 6.54 Å². The first kappa shape index (κ1) is 16.3. The monoisotopic (exact) mass is 271 g/mol. The molecule has 2 rings (SSSR count). The normalized spacial score (nSPS) is 9.65. The van der Waals surface area contributed by atoms with Gasteiger partial charge >= 0.3 is 0 Å². The second-order valence-electron chi connectivity index (χ2n) is 4.56. The van der Waals surface area contributed by atoms with Crippen LogP contribution in [0.5, 0.6) is 0 Å². The number of likely N-dealkylation sites (N-methyl/N-ethyl adjacent to an activating group) is 1. The Balaban J connectivity index is 0.000000956. The van der Waals surface area contributed by atoms with E-state index in [9.17, 15) is 0 Å². The third-order valence-corrected chi connectivity index (χ3v) is 3.13. The molecule has 0 fully saturated rings. The van der Waals surface area contributed by atoms with Crippen molar-refractivity contribution in [2.24, 2.45) is 0 Å². The van der Waals surface area contributed by atoms with Crippen LogP contribution in [0.2, 0.25) is 0 Å². The number of aliphatic hydroxyl groups is 1. The molecule has 20 heavy (non-hydrogen) atoms. The SMILES string of the molecule is CC.Cc1ccc(-c2ccc(N(C)CCO)cc2)cc1. The van der Waals surface area contributed by atoms with Crippen LogP contribution >= 0.6 is 0 Å². The highest BCUT2D eigenvalue weighted by atomic mass is 16.3. The molecule has 0 aromatic heterocycles. The first-order valence-corrected chi connectivity index (χ1v) is 7.20. The van der Waals surface area contributed by atoms with Crippen LogP contribution in [0.3, 0.4) is 0 Å². The molecule has 108 valence electrons. The Labute approximate surface area is 122 Å². The van der Waals surface area contributed by atoms with E-state index < -0.39 is 0 Å². The average molecular weight is 271 g/mol. The van der Waals surface area contributed by atoms with E-state index in [0.717, 1.165) is 5.69 Å². The molecule has 0 saturated carbocycles. The van der Waals surface area contributed by atoms with Crippen LogP contribution in [-0.4, -0.2) is 25.3 Å². The number of benzene rings is 2. The van der Waals surface area contributed by atoms with Crippen molar-refractivity contribution in [2.45, 2.75) is 20.8 Å². The number of hydrogen-bond acceptors (Lipinski definition) is 2. The lowest BCUT2D eigenvalue weighted by Crippen LogP contribution is -2.20. The van der Waals surface area contributed by atoms with Crippen molar-refractivity contribution in [1.29, 1.82) is 0 Å². The van der Waals surface area contributed by atoms with Crippen molar-refractivity contribution < 1.29 is 5.11 Å². The van der Waals surface area contributed by atoms with Crippen molar-refractivity contribution >= 4 is 5.69 Å². The molecule has 0 amide bonds. The first-order valence-electron chi connectivity index (χ1n) is 7.20. The Kier molecular flexibility index (Phi) is 6.82. The van der Waals surface area contributed by atoms with E-state index in [-0.39, 0.29) is 6.61 Å². The van der Waals surface area contributed by atoms with Gasteiger partial charge in [-0.3, -0.25) is 0 Å². The van der Waals surface area contributed by atoms with Gasteiger partial charge in [-0.1, -0.05) is 55.8 Å².